The first kappa shape index (κ1) is 22.7. The highest BCUT2D eigenvalue weighted by Gasteiger charge is 2.34. The molecule has 3 atom stereocenters. The molecule has 1 aromatic rings. The molecule has 0 radical (unpaired) electrons. The number of rotatable bonds is 10. The fraction of sp³-hybridized carbons (Fsp3) is 0.400. The number of carbonyl (C=O) groups excluding carboxylic acids is 2. The molecule has 0 aliphatic heterocycles. The van der Waals surface area contributed by atoms with Gasteiger partial charge in [0.05, 0.1) is 12.6 Å². The molecule has 1 aromatic carbocycles. The predicted octanol–water partition coefficient (Wildman–Crippen LogP) is -1.26. The highest BCUT2D eigenvalue weighted by atomic mass is 31.2. The molecule has 0 saturated carbocycles. The van der Waals surface area contributed by atoms with E-state index >= 15 is 0 Å². The summed E-state index contributed by atoms with van der Waals surface area (Å²) < 4.78 is 15.4. The van der Waals surface area contributed by atoms with E-state index in [2.05, 4.69) is 15.2 Å². The maximum atomic E-state index is 12.5. The number of phosphoric acid groups is 1. The Hall–Kier alpha value is -2.30. The van der Waals surface area contributed by atoms with Gasteiger partial charge >= 0.3 is 13.8 Å². The van der Waals surface area contributed by atoms with Gasteiger partial charge in [0.25, 0.3) is 0 Å². The molecule has 0 aliphatic rings. The number of benzene rings is 1. The number of carboxylic acid groups (broad SMARTS) is 1. The van der Waals surface area contributed by atoms with Gasteiger partial charge in [0.15, 0.2) is 0 Å². The second kappa shape index (κ2) is 10.1. The van der Waals surface area contributed by atoms with Crippen molar-refractivity contribution in [3.63, 3.8) is 0 Å². The van der Waals surface area contributed by atoms with Crippen molar-refractivity contribution in [3.05, 3.63) is 35.9 Å². The van der Waals surface area contributed by atoms with Crippen LogP contribution in [0.2, 0.25) is 0 Å². The first-order valence-electron chi connectivity index (χ1n) is 7.84. The Labute approximate surface area is 155 Å². The highest BCUT2D eigenvalue weighted by Crippen LogP contribution is 2.38. The Morgan fingerprint density at radius 2 is 1.78 bits per heavy atom. The monoisotopic (exact) mass is 403 g/mol. The number of carbonyl (C=O) groups is 3. The van der Waals surface area contributed by atoms with Gasteiger partial charge < -0.3 is 31.3 Å². The molecule has 0 aromatic heterocycles. The van der Waals surface area contributed by atoms with Gasteiger partial charge in [-0.1, -0.05) is 30.3 Å². The summed E-state index contributed by atoms with van der Waals surface area (Å²) in [7, 11) is -4.95. The number of amides is 2. The van der Waals surface area contributed by atoms with Crippen molar-refractivity contribution in [3.8, 4) is 0 Å². The summed E-state index contributed by atoms with van der Waals surface area (Å²) in [5.74, 6) is -3.09. The first-order chi connectivity index (χ1) is 12.5. The molecule has 1 rings (SSSR count). The number of nitrogens with one attached hydrogen (secondary N) is 2. The topological polar surface area (TPSA) is 188 Å². The molecule has 150 valence electrons. The third-order valence-electron chi connectivity index (χ3n) is 3.45. The van der Waals surface area contributed by atoms with E-state index in [0.29, 0.717) is 5.56 Å². The van der Waals surface area contributed by atoms with E-state index in [1.165, 1.54) is 0 Å². The zero-order chi connectivity index (χ0) is 20.6. The van der Waals surface area contributed by atoms with Gasteiger partial charge in [-0.3, -0.25) is 14.1 Å². The fourth-order valence-electron chi connectivity index (χ4n) is 2.22. The van der Waals surface area contributed by atoms with Crippen LogP contribution < -0.4 is 16.4 Å². The number of carboxylic acids is 1. The molecule has 12 heteroatoms. The second-order valence-electron chi connectivity index (χ2n) is 5.64. The fourth-order valence-corrected chi connectivity index (χ4v) is 2.77. The lowest BCUT2D eigenvalue weighted by Crippen LogP contribution is -2.57. The highest BCUT2D eigenvalue weighted by molar-refractivity contribution is 7.46. The third kappa shape index (κ3) is 8.29. The smallest absolute Gasteiger partial charge is 0.469 e. The van der Waals surface area contributed by atoms with Crippen LogP contribution in [-0.4, -0.2) is 57.4 Å². The summed E-state index contributed by atoms with van der Waals surface area (Å²) in [5, 5.41) is 13.7. The van der Waals surface area contributed by atoms with Crippen molar-refractivity contribution >= 4 is 25.6 Å². The number of aliphatic carboxylic acids is 1. The van der Waals surface area contributed by atoms with Crippen LogP contribution in [0.4, 0.5) is 0 Å². The minimum absolute atomic E-state index is 0.0345. The summed E-state index contributed by atoms with van der Waals surface area (Å²) in [6, 6.07) is 5.61. The molecule has 7 N–H and O–H groups in total. The van der Waals surface area contributed by atoms with Crippen LogP contribution in [0.1, 0.15) is 12.5 Å². The summed E-state index contributed by atoms with van der Waals surface area (Å²) in [5.41, 5.74) is 5.81. The van der Waals surface area contributed by atoms with Crippen LogP contribution in [0.25, 0.3) is 0 Å². The lowest BCUT2D eigenvalue weighted by Gasteiger charge is -2.26. The quantitative estimate of drug-likeness (QED) is 0.259. The molecule has 0 bridgehead atoms. The van der Waals surface area contributed by atoms with Gasteiger partial charge in [0.2, 0.25) is 11.8 Å². The SMILES string of the molecule is C[C@@H](OP(=O)(O)O)[C@H](NC(=O)CN)C(=O)N[C@@H](Cc1ccccc1)C(=O)O. The van der Waals surface area contributed by atoms with Crippen molar-refractivity contribution in [2.24, 2.45) is 5.73 Å². The van der Waals surface area contributed by atoms with Crippen molar-refractivity contribution in [2.75, 3.05) is 6.54 Å². The van der Waals surface area contributed by atoms with Crippen LogP contribution in [0.5, 0.6) is 0 Å². The van der Waals surface area contributed by atoms with Gasteiger partial charge in [-0.15, -0.1) is 0 Å². The Balaban J connectivity index is 2.95. The van der Waals surface area contributed by atoms with E-state index in [0.717, 1.165) is 6.92 Å². The molecule has 27 heavy (non-hydrogen) atoms. The van der Waals surface area contributed by atoms with E-state index in [9.17, 15) is 24.1 Å². The van der Waals surface area contributed by atoms with Crippen molar-refractivity contribution < 1.29 is 38.4 Å². The maximum absolute atomic E-state index is 12.5. The number of phosphoric ester groups is 1. The maximum Gasteiger partial charge on any atom is 0.469 e. The lowest BCUT2D eigenvalue weighted by atomic mass is 10.0. The molecule has 0 unspecified atom stereocenters. The molecule has 0 spiro atoms. The zero-order valence-electron chi connectivity index (χ0n) is 14.4. The van der Waals surface area contributed by atoms with E-state index in [1.807, 2.05) is 0 Å². The van der Waals surface area contributed by atoms with Gasteiger partial charge in [0.1, 0.15) is 12.1 Å². The summed E-state index contributed by atoms with van der Waals surface area (Å²) in [4.78, 5) is 53.3. The Bertz CT molecular complexity index is 708. The Morgan fingerprint density at radius 1 is 1.19 bits per heavy atom. The molecule has 2 amide bonds. The molecule has 0 heterocycles. The van der Waals surface area contributed by atoms with Crippen molar-refractivity contribution in [2.45, 2.75) is 31.5 Å². The molecule has 0 aliphatic carbocycles. The van der Waals surface area contributed by atoms with Crippen LogP contribution >= 0.6 is 7.82 Å². The number of hydrogen-bond acceptors (Lipinski definition) is 6. The van der Waals surface area contributed by atoms with E-state index < -0.39 is 50.3 Å². The lowest BCUT2D eigenvalue weighted by molar-refractivity contribution is -0.142. The average Bonchev–Trinajstić information content (AvgIpc) is 2.57. The van der Waals surface area contributed by atoms with Crippen LogP contribution in [-0.2, 0) is 29.9 Å². The largest absolute Gasteiger partial charge is 0.480 e. The summed E-state index contributed by atoms with van der Waals surface area (Å²) in [6.45, 7) is 0.659. The van der Waals surface area contributed by atoms with Gasteiger partial charge in [0, 0.05) is 6.42 Å². The number of nitrogens with two attached hydrogens (primary N) is 1. The van der Waals surface area contributed by atoms with Crippen molar-refractivity contribution in [1.82, 2.24) is 10.6 Å². The minimum Gasteiger partial charge on any atom is -0.480 e. The third-order valence-corrected chi connectivity index (χ3v) is 4.06. The van der Waals surface area contributed by atoms with Crippen molar-refractivity contribution in [1.29, 1.82) is 0 Å². The first-order valence-corrected chi connectivity index (χ1v) is 9.37. The van der Waals surface area contributed by atoms with Gasteiger partial charge in [-0.05, 0) is 12.5 Å². The standard InChI is InChI=1S/C15H22N3O8P/c1-9(26-27(23,24)25)13(18-12(19)8-16)14(20)17-11(15(21)22)7-10-5-3-2-4-6-10/h2-6,9,11,13H,7-8,16H2,1H3,(H,17,20)(H,18,19)(H,21,22)(H2,23,24,25)/t9-,11+,13+/m1/s1. The van der Waals surface area contributed by atoms with E-state index in [4.69, 9.17) is 15.5 Å². The Kier molecular flexibility index (Phi) is 8.54. The number of hydrogen-bond donors (Lipinski definition) is 6. The predicted molar refractivity (Wildman–Crippen MR) is 93.3 cm³/mol. The van der Waals surface area contributed by atoms with Gasteiger partial charge in [-0.2, -0.15) is 0 Å². The normalized spacial score (nSPS) is 14.7. The van der Waals surface area contributed by atoms with E-state index in [1.54, 1.807) is 30.3 Å². The van der Waals surface area contributed by atoms with Crippen LogP contribution in [0.15, 0.2) is 30.3 Å². The molecule has 0 saturated heterocycles. The zero-order valence-corrected chi connectivity index (χ0v) is 15.3. The second-order valence-corrected chi connectivity index (χ2v) is 6.83. The minimum atomic E-state index is -4.95. The molecule has 0 fully saturated rings. The van der Waals surface area contributed by atoms with E-state index in [-0.39, 0.29) is 6.42 Å². The Morgan fingerprint density at radius 3 is 2.26 bits per heavy atom. The van der Waals surface area contributed by atoms with Crippen LogP contribution in [0.3, 0.4) is 0 Å². The molecule has 11 nitrogen and oxygen atoms in total. The summed E-state index contributed by atoms with van der Waals surface area (Å²) >= 11 is 0. The van der Waals surface area contributed by atoms with Crippen LogP contribution in [0, 0.1) is 0 Å². The molecular weight excluding hydrogens is 381 g/mol. The summed E-state index contributed by atoms with van der Waals surface area (Å²) in [6.07, 6.45) is -1.49. The molecular formula is C15H22N3O8P. The average molecular weight is 403 g/mol. The van der Waals surface area contributed by atoms with Gasteiger partial charge in [-0.25, -0.2) is 9.36 Å².